The number of unbranched alkanes of at least 4 members (excludes halogenated alkanes) is 1. The maximum absolute atomic E-state index is 11.9. The van der Waals surface area contributed by atoms with Gasteiger partial charge in [0, 0.05) is 5.41 Å². The van der Waals surface area contributed by atoms with Crippen molar-refractivity contribution < 1.29 is 9.59 Å². The summed E-state index contributed by atoms with van der Waals surface area (Å²) in [6, 6.07) is -0.367. The molecule has 15 heavy (non-hydrogen) atoms. The lowest BCUT2D eigenvalue weighted by molar-refractivity contribution is -0.130. The number of rotatable bonds is 7. The molecule has 1 unspecified atom stereocenters. The normalized spacial score (nSPS) is 13.3. The topological polar surface area (TPSA) is 72.2 Å². The van der Waals surface area contributed by atoms with Crippen LogP contribution in [0.25, 0.3) is 0 Å². The van der Waals surface area contributed by atoms with Gasteiger partial charge in [0.25, 0.3) is 0 Å². The first-order valence-corrected chi connectivity index (χ1v) is 5.37. The summed E-state index contributed by atoms with van der Waals surface area (Å²) in [5.74, 6) is 0.0756. The second-order valence-electron chi connectivity index (χ2n) is 4.74. The van der Waals surface area contributed by atoms with Crippen LogP contribution >= 0.6 is 0 Å². The molecule has 0 radical (unpaired) electrons. The number of Topliss-reactive ketones (excluding diaryl/α,β-unsaturated/α-hetero) is 1. The smallest absolute Gasteiger partial charge is 0.207 e. The summed E-state index contributed by atoms with van der Waals surface area (Å²) in [6.45, 7) is 6.20. The molecule has 0 fully saturated rings. The van der Waals surface area contributed by atoms with Gasteiger partial charge in [-0.25, -0.2) is 0 Å². The van der Waals surface area contributed by atoms with E-state index in [-0.39, 0.29) is 11.8 Å². The second kappa shape index (κ2) is 6.56. The fourth-order valence-corrected chi connectivity index (χ4v) is 1.39. The van der Waals surface area contributed by atoms with Gasteiger partial charge in [0.15, 0.2) is 5.78 Å². The highest BCUT2D eigenvalue weighted by atomic mass is 16.1. The van der Waals surface area contributed by atoms with E-state index in [1.165, 1.54) is 0 Å². The fourth-order valence-electron chi connectivity index (χ4n) is 1.39. The Morgan fingerprint density at radius 1 is 1.40 bits per heavy atom. The monoisotopic (exact) mass is 214 g/mol. The minimum absolute atomic E-state index is 0.0756. The zero-order valence-corrected chi connectivity index (χ0v) is 9.88. The predicted molar refractivity (Wildman–Crippen MR) is 60.4 cm³/mol. The third-order valence-electron chi connectivity index (χ3n) is 2.27. The molecule has 4 heteroatoms. The molecule has 0 heterocycles. The summed E-state index contributed by atoms with van der Waals surface area (Å²) in [5.41, 5.74) is 4.96. The largest absolute Gasteiger partial charge is 0.349 e. The number of hydrogen-bond acceptors (Lipinski definition) is 3. The van der Waals surface area contributed by atoms with Crippen molar-refractivity contribution in [3.63, 3.8) is 0 Å². The van der Waals surface area contributed by atoms with Crippen molar-refractivity contribution >= 4 is 12.2 Å². The molecule has 0 spiro atoms. The van der Waals surface area contributed by atoms with Crippen LogP contribution in [-0.2, 0) is 9.59 Å². The first-order valence-electron chi connectivity index (χ1n) is 5.37. The van der Waals surface area contributed by atoms with E-state index in [1.807, 2.05) is 20.8 Å². The molecular formula is C11H22N2O2. The van der Waals surface area contributed by atoms with E-state index in [4.69, 9.17) is 5.73 Å². The summed E-state index contributed by atoms with van der Waals surface area (Å²) in [5, 5.41) is 2.58. The van der Waals surface area contributed by atoms with Crippen LogP contribution < -0.4 is 11.1 Å². The molecule has 0 aliphatic heterocycles. The van der Waals surface area contributed by atoms with Crippen molar-refractivity contribution in [3.8, 4) is 0 Å². The lowest BCUT2D eigenvalue weighted by Gasteiger charge is -2.24. The Bertz CT molecular complexity index is 209. The lowest BCUT2D eigenvalue weighted by Crippen LogP contribution is -2.42. The van der Waals surface area contributed by atoms with Crippen LogP contribution in [-0.4, -0.2) is 24.8 Å². The zero-order chi connectivity index (χ0) is 11.9. The van der Waals surface area contributed by atoms with Crippen LogP contribution in [0.2, 0.25) is 0 Å². The molecule has 0 aliphatic carbocycles. The van der Waals surface area contributed by atoms with Gasteiger partial charge < -0.3 is 11.1 Å². The average Bonchev–Trinajstić information content (AvgIpc) is 2.14. The minimum atomic E-state index is -0.413. The van der Waals surface area contributed by atoms with E-state index in [2.05, 4.69) is 5.32 Å². The van der Waals surface area contributed by atoms with Crippen molar-refractivity contribution in [1.82, 2.24) is 5.32 Å². The van der Waals surface area contributed by atoms with Gasteiger partial charge in [-0.1, -0.05) is 20.8 Å². The van der Waals surface area contributed by atoms with Crippen LogP contribution in [0, 0.1) is 5.41 Å². The highest BCUT2D eigenvalue weighted by Crippen LogP contribution is 2.19. The quantitative estimate of drug-likeness (QED) is 0.487. The molecule has 0 aromatic rings. The Morgan fingerprint density at radius 3 is 2.40 bits per heavy atom. The fraction of sp³-hybridized carbons (Fsp3) is 0.818. The maximum Gasteiger partial charge on any atom is 0.207 e. The number of carbonyl (C=O) groups is 2. The van der Waals surface area contributed by atoms with Crippen LogP contribution in [0.4, 0.5) is 0 Å². The van der Waals surface area contributed by atoms with Gasteiger partial charge in [-0.2, -0.15) is 0 Å². The molecule has 3 N–H and O–H groups in total. The van der Waals surface area contributed by atoms with Gasteiger partial charge >= 0.3 is 0 Å². The molecule has 88 valence electrons. The van der Waals surface area contributed by atoms with Gasteiger partial charge in [-0.3, -0.25) is 9.59 Å². The molecular weight excluding hydrogens is 192 g/mol. The van der Waals surface area contributed by atoms with E-state index in [0.29, 0.717) is 19.4 Å². The van der Waals surface area contributed by atoms with Crippen molar-refractivity contribution in [2.45, 2.75) is 46.1 Å². The molecule has 0 aromatic heterocycles. The SMILES string of the molecule is CC(C)(C)C(=O)C(CCCCN)NC=O. The van der Waals surface area contributed by atoms with Crippen LogP contribution in [0.3, 0.4) is 0 Å². The Kier molecular flexibility index (Phi) is 6.17. The number of nitrogens with two attached hydrogens (primary N) is 1. The maximum atomic E-state index is 11.9. The van der Waals surface area contributed by atoms with Crippen molar-refractivity contribution in [2.24, 2.45) is 11.1 Å². The van der Waals surface area contributed by atoms with E-state index < -0.39 is 5.41 Å². The summed E-state index contributed by atoms with van der Waals surface area (Å²) in [4.78, 5) is 22.3. The molecule has 0 bridgehead atoms. The predicted octanol–water partition coefficient (Wildman–Crippen LogP) is 0.845. The summed E-state index contributed by atoms with van der Waals surface area (Å²) in [7, 11) is 0. The molecule has 1 atom stereocenters. The Morgan fingerprint density at radius 2 is 2.00 bits per heavy atom. The summed E-state index contributed by atoms with van der Waals surface area (Å²) < 4.78 is 0. The second-order valence-corrected chi connectivity index (χ2v) is 4.74. The highest BCUT2D eigenvalue weighted by Gasteiger charge is 2.28. The van der Waals surface area contributed by atoms with Crippen LogP contribution in [0.1, 0.15) is 40.0 Å². The van der Waals surface area contributed by atoms with E-state index >= 15 is 0 Å². The standard InChI is InChI=1S/C11H22N2O2/c1-11(2,3)10(15)9(13-8-14)6-4-5-7-12/h8-9H,4-7,12H2,1-3H3,(H,13,14). The van der Waals surface area contributed by atoms with Crippen molar-refractivity contribution in [1.29, 1.82) is 0 Å². The number of ketones is 1. The van der Waals surface area contributed by atoms with Gasteiger partial charge in [-0.05, 0) is 25.8 Å². The Balaban J connectivity index is 4.25. The average molecular weight is 214 g/mol. The first kappa shape index (κ1) is 14.1. The molecule has 4 nitrogen and oxygen atoms in total. The number of amides is 1. The van der Waals surface area contributed by atoms with Crippen molar-refractivity contribution in [2.75, 3.05) is 6.54 Å². The number of carbonyl (C=O) groups excluding carboxylic acids is 2. The van der Waals surface area contributed by atoms with Gasteiger partial charge in [0.05, 0.1) is 6.04 Å². The molecule has 0 aromatic carbocycles. The van der Waals surface area contributed by atoms with Crippen LogP contribution in [0.5, 0.6) is 0 Å². The third-order valence-corrected chi connectivity index (χ3v) is 2.27. The van der Waals surface area contributed by atoms with E-state index in [1.54, 1.807) is 0 Å². The van der Waals surface area contributed by atoms with E-state index in [0.717, 1.165) is 12.8 Å². The lowest BCUT2D eigenvalue weighted by atomic mass is 9.85. The van der Waals surface area contributed by atoms with E-state index in [9.17, 15) is 9.59 Å². The third kappa shape index (κ3) is 5.52. The molecule has 0 saturated heterocycles. The van der Waals surface area contributed by atoms with Gasteiger partial charge in [0.2, 0.25) is 6.41 Å². The highest BCUT2D eigenvalue weighted by molar-refractivity contribution is 5.89. The number of nitrogens with one attached hydrogen (secondary N) is 1. The Hall–Kier alpha value is -0.900. The first-order chi connectivity index (χ1) is 6.93. The molecule has 0 saturated carbocycles. The molecule has 1 amide bonds. The molecule has 0 aliphatic rings. The van der Waals surface area contributed by atoms with Gasteiger partial charge in [0.1, 0.15) is 0 Å². The zero-order valence-electron chi connectivity index (χ0n) is 9.88. The van der Waals surface area contributed by atoms with Gasteiger partial charge in [-0.15, -0.1) is 0 Å². The minimum Gasteiger partial charge on any atom is -0.349 e. The van der Waals surface area contributed by atoms with Crippen molar-refractivity contribution in [3.05, 3.63) is 0 Å². The molecule has 0 rings (SSSR count). The van der Waals surface area contributed by atoms with Crippen LogP contribution in [0.15, 0.2) is 0 Å². The number of hydrogen-bond donors (Lipinski definition) is 2. The summed E-state index contributed by atoms with van der Waals surface area (Å²) >= 11 is 0. The summed E-state index contributed by atoms with van der Waals surface area (Å²) in [6.07, 6.45) is 3.01. The Labute approximate surface area is 91.6 Å².